The molecule has 3 rings (SSSR count). The van der Waals surface area contributed by atoms with Crippen LogP contribution in [0.25, 0.3) is 11.0 Å². The Bertz CT molecular complexity index is 948. The van der Waals surface area contributed by atoms with Crippen LogP contribution < -0.4 is 17.7 Å². The molecule has 0 radical (unpaired) electrons. The predicted molar refractivity (Wildman–Crippen MR) is 109 cm³/mol. The molecule has 1 unspecified atom stereocenters. The Morgan fingerprint density at radius 1 is 1.14 bits per heavy atom. The maximum Gasteiger partial charge on any atom is 0.222 e. The highest BCUT2D eigenvalue weighted by molar-refractivity contribution is 5.77. The number of hydrogen-bond donors (Lipinski definition) is 2. The Kier molecular flexibility index (Phi) is 7.21. The molecule has 3 aromatic rings. The predicted octanol–water partition coefficient (Wildman–Crippen LogP) is -0.749. The lowest BCUT2D eigenvalue weighted by Gasteiger charge is -2.24. The van der Waals surface area contributed by atoms with Crippen LogP contribution in [-0.4, -0.2) is 64.7 Å². The Balaban J connectivity index is 0.00000300. The van der Waals surface area contributed by atoms with E-state index in [1.165, 1.54) is 0 Å². The van der Waals surface area contributed by atoms with Crippen LogP contribution in [0.3, 0.4) is 0 Å². The number of phenolic OH excluding ortho intramolecular Hbond substituents is 1. The number of halogens is 1. The average Bonchev–Trinajstić information content (AvgIpc) is 3.05. The number of carbonyl (C=O) groups excluding carboxylic acids is 1. The third kappa shape index (κ3) is 5.92. The molecule has 8 heteroatoms. The Labute approximate surface area is 177 Å². The topological polar surface area (TPSA) is 80.0 Å². The maximum atomic E-state index is 12.6. The van der Waals surface area contributed by atoms with Crippen LogP contribution in [0.4, 0.5) is 0 Å². The number of phenols is 1. The summed E-state index contributed by atoms with van der Waals surface area (Å²) in [5, 5.41) is 22.0. The molecule has 1 heterocycles. The smallest absolute Gasteiger partial charge is 0.222 e. The first-order valence-electron chi connectivity index (χ1n) is 9.41. The molecule has 0 bridgehead atoms. The molecule has 2 N–H and O–H groups in total. The van der Waals surface area contributed by atoms with Gasteiger partial charge in [0.1, 0.15) is 22.8 Å². The van der Waals surface area contributed by atoms with E-state index in [1.807, 2.05) is 43.3 Å². The maximum absolute atomic E-state index is 12.6. The second-order valence-electron chi connectivity index (χ2n) is 8.14. The molecule has 1 aromatic heterocycles. The number of aryl methyl sites for hydroxylation is 1. The zero-order valence-electron chi connectivity index (χ0n) is 17.3. The number of nitrogens with zero attached hydrogens (tertiary/aromatic N) is 4. The Hall–Kier alpha value is -2.64. The number of aromatic hydroxyl groups is 1. The van der Waals surface area contributed by atoms with Gasteiger partial charge in [-0.2, -0.15) is 15.0 Å². The number of carbonyl (C=O) groups is 1. The summed E-state index contributed by atoms with van der Waals surface area (Å²) < 4.78 is 0.785. The number of hydrogen-bond acceptors (Lipinski definition) is 4. The summed E-state index contributed by atoms with van der Waals surface area (Å²) >= 11 is 0. The van der Waals surface area contributed by atoms with Crippen molar-refractivity contribution >= 4 is 16.9 Å². The lowest BCUT2D eigenvalue weighted by molar-refractivity contribution is -0.869. The van der Waals surface area contributed by atoms with E-state index < -0.39 is 0 Å². The van der Waals surface area contributed by atoms with Crippen molar-refractivity contribution < 1.29 is 26.8 Å². The van der Waals surface area contributed by atoms with Gasteiger partial charge in [0, 0.05) is 0 Å². The monoisotopic (exact) mass is 417 g/mol. The summed E-state index contributed by atoms with van der Waals surface area (Å²) in [5.41, 5.74) is 3.21. The zero-order chi connectivity index (χ0) is 20.3. The second-order valence-corrected chi connectivity index (χ2v) is 8.14. The van der Waals surface area contributed by atoms with Crippen molar-refractivity contribution in [2.45, 2.75) is 19.4 Å². The van der Waals surface area contributed by atoms with E-state index >= 15 is 0 Å². The molecule has 7 nitrogen and oxygen atoms in total. The average molecular weight is 418 g/mol. The van der Waals surface area contributed by atoms with Crippen molar-refractivity contribution in [3.63, 3.8) is 0 Å². The summed E-state index contributed by atoms with van der Waals surface area (Å²) in [6, 6.07) is 12.6. The number of quaternary nitrogens is 1. The second kappa shape index (κ2) is 9.24. The molecule has 0 aliphatic heterocycles. The van der Waals surface area contributed by atoms with Crippen LogP contribution in [0.5, 0.6) is 5.75 Å². The quantitative estimate of drug-likeness (QED) is 0.496. The van der Waals surface area contributed by atoms with E-state index in [1.54, 1.807) is 10.9 Å². The summed E-state index contributed by atoms with van der Waals surface area (Å²) in [4.78, 5) is 14.2. The fourth-order valence-electron chi connectivity index (χ4n) is 3.01. The molecular weight excluding hydrogens is 390 g/mol. The van der Waals surface area contributed by atoms with E-state index in [0.29, 0.717) is 6.54 Å². The third-order valence-electron chi connectivity index (χ3n) is 4.67. The molecule has 0 aliphatic carbocycles. The molecule has 0 saturated heterocycles. The van der Waals surface area contributed by atoms with Gasteiger partial charge in [-0.05, 0) is 36.2 Å². The van der Waals surface area contributed by atoms with Crippen molar-refractivity contribution in [1.29, 1.82) is 0 Å². The third-order valence-corrected chi connectivity index (χ3v) is 4.67. The standard InChI is InChI=1S/C21H27N5O2.ClH/c1-15-13-16(9-10-20(15)27)19(14-21(28)22-11-12-26(2,3)4)25-23-17-7-5-6-8-18(17)24-25;/h5-10,13,19H,11-12,14H2,1-4H3,(H-,22,27,28);1H. The van der Waals surface area contributed by atoms with Gasteiger partial charge < -0.3 is 27.3 Å². The van der Waals surface area contributed by atoms with Crippen molar-refractivity contribution in [3.8, 4) is 5.75 Å². The summed E-state index contributed by atoms with van der Waals surface area (Å²) in [6.45, 7) is 3.29. The lowest BCUT2D eigenvalue weighted by atomic mass is 10.0. The van der Waals surface area contributed by atoms with Crippen molar-refractivity contribution in [2.24, 2.45) is 0 Å². The fraction of sp³-hybridized carbons (Fsp3) is 0.381. The molecule has 29 heavy (non-hydrogen) atoms. The van der Waals surface area contributed by atoms with E-state index in [2.05, 4.69) is 36.7 Å². The fourth-order valence-corrected chi connectivity index (χ4v) is 3.01. The van der Waals surface area contributed by atoms with E-state index in [-0.39, 0.29) is 36.5 Å². The number of benzene rings is 2. The molecule has 0 fully saturated rings. The van der Waals surface area contributed by atoms with Gasteiger partial charge >= 0.3 is 0 Å². The van der Waals surface area contributed by atoms with Gasteiger partial charge in [-0.3, -0.25) is 4.79 Å². The van der Waals surface area contributed by atoms with Crippen molar-refractivity contribution in [3.05, 3.63) is 53.6 Å². The van der Waals surface area contributed by atoms with Gasteiger partial charge in [-0.1, -0.05) is 24.3 Å². The molecule has 1 atom stereocenters. The van der Waals surface area contributed by atoms with Crippen LogP contribution in [0.2, 0.25) is 0 Å². The normalized spacial score (nSPS) is 12.4. The number of amides is 1. The molecular formula is C21H28ClN5O2. The van der Waals surface area contributed by atoms with E-state index in [0.717, 1.165) is 33.2 Å². The molecule has 0 spiro atoms. The highest BCUT2D eigenvalue weighted by Crippen LogP contribution is 2.26. The SMILES string of the molecule is Cc1cc(C(CC(=O)NCC[N+](C)(C)C)n2nc3ccccc3n2)ccc1O.[Cl-]. The summed E-state index contributed by atoms with van der Waals surface area (Å²) in [5.74, 6) is 0.180. The number of rotatable bonds is 7. The minimum absolute atomic E-state index is 0. The van der Waals surface area contributed by atoms with Crippen LogP contribution in [0.1, 0.15) is 23.6 Å². The Morgan fingerprint density at radius 2 is 1.76 bits per heavy atom. The van der Waals surface area contributed by atoms with Crippen LogP contribution in [0, 0.1) is 6.92 Å². The summed E-state index contributed by atoms with van der Waals surface area (Å²) in [6.07, 6.45) is 0.225. The number of likely N-dealkylation sites (N-methyl/N-ethyl adjacent to an activating group) is 1. The van der Waals surface area contributed by atoms with E-state index in [4.69, 9.17) is 0 Å². The minimum Gasteiger partial charge on any atom is -1.00 e. The van der Waals surface area contributed by atoms with Gasteiger partial charge in [0.25, 0.3) is 0 Å². The Morgan fingerprint density at radius 3 is 2.31 bits per heavy atom. The first-order chi connectivity index (χ1) is 13.2. The number of nitrogens with one attached hydrogen (secondary N) is 1. The van der Waals surface area contributed by atoms with Gasteiger partial charge in [0.15, 0.2) is 0 Å². The van der Waals surface area contributed by atoms with Crippen molar-refractivity contribution in [1.82, 2.24) is 20.3 Å². The van der Waals surface area contributed by atoms with Gasteiger partial charge in [-0.15, -0.1) is 0 Å². The van der Waals surface area contributed by atoms with Gasteiger partial charge in [0.2, 0.25) is 5.91 Å². The largest absolute Gasteiger partial charge is 1.00 e. The van der Waals surface area contributed by atoms with E-state index in [9.17, 15) is 9.90 Å². The highest BCUT2D eigenvalue weighted by Gasteiger charge is 2.22. The molecule has 1 amide bonds. The molecule has 0 aliphatic rings. The molecule has 0 saturated carbocycles. The number of aromatic nitrogens is 3. The van der Waals surface area contributed by atoms with Crippen molar-refractivity contribution in [2.75, 3.05) is 34.2 Å². The summed E-state index contributed by atoms with van der Waals surface area (Å²) in [7, 11) is 6.27. The molecule has 156 valence electrons. The van der Waals surface area contributed by atoms with Crippen LogP contribution >= 0.6 is 0 Å². The van der Waals surface area contributed by atoms with Crippen LogP contribution in [-0.2, 0) is 4.79 Å². The zero-order valence-corrected chi connectivity index (χ0v) is 18.0. The van der Waals surface area contributed by atoms with Gasteiger partial charge in [-0.25, -0.2) is 0 Å². The highest BCUT2D eigenvalue weighted by atomic mass is 35.5. The van der Waals surface area contributed by atoms with Crippen LogP contribution in [0.15, 0.2) is 42.5 Å². The first-order valence-corrected chi connectivity index (χ1v) is 9.41. The lowest BCUT2D eigenvalue weighted by Crippen LogP contribution is -3.00. The first kappa shape index (κ1) is 22.6. The van der Waals surface area contributed by atoms with Gasteiger partial charge in [0.05, 0.1) is 40.7 Å². The molecule has 2 aromatic carbocycles. The number of fused-ring (bicyclic) bond motifs is 1. The minimum atomic E-state index is -0.351.